The fourth-order valence-electron chi connectivity index (χ4n) is 2.35. The lowest BCUT2D eigenvalue weighted by molar-refractivity contribution is -0.139. The van der Waals surface area contributed by atoms with Crippen LogP contribution in [0.2, 0.25) is 0 Å². The van der Waals surface area contributed by atoms with Crippen LogP contribution in [0.5, 0.6) is 0 Å². The van der Waals surface area contributed by atoms with Crippen molar-refractivity contribution in [3.05, 3.63) is 53.7 Å². The van der Waals surface area contributed by atoms with Gasteiger partial charge in [-0.15, -0.1) is 11.3 Å². The topological polar surface area (TPSA) is 75.9 Å². The van der Waals surface area contributed by atoms with E-state index in [9.17, 15) is 10.1 Å². The molecule has 0 aliphatic carbocycles. The van der Waals surface area contributed by atoms with Gasteiger partial charge in [0.1, 0.15) is 11.1 Å². The Kier molecular flexibility index (Phi) is 6.00. The Bertz CT molecular complexity index is 935. The van der Waals surface area contributed by atoms with Gasteiger partial charge >= 0.3 is 5.97 Å². The Labute approximate surface area is 159 Å². The van der Waals surface area contributed by atoms with Crippen molar-refractivity contribution in [1.29, 1.82) is 5.26 Å². The number of hydrogen-bond acceptors (Lipinski definition) is 7. The smallest absolute Gasteiger partial charge is 0.316 e. The van der Waals surface area contributed by atoms with Crippen LogP contribution in [0, 0.1) is 11.3 Å². The number of nitriles is 1. The van der Waals surface area contributed by atoms with Crippen molar-refractivity contribution in [2.45, 2.75) is 11.9 Å². The summed E-state index contributed by atoms with van der Waals surface area (Å²) in [5.74, 6) is -0.219. The Hall–Kier alpha value is -2.69. The Balaban J connectivity index is 2.07. The minimum Gasteiger partial charge on any atom is -0.465 e. The lowest BCUT2D eigenvalue weighted by Crippen LogP contribution is -2.07. The first-order valence-corrected chi connectivity index (χ1v) is 9.77. The van der Waals surface area contributed by atoms with Crippen molar-refractivity contribution in [2.75, 3.05) is 12.4 Å². The van der Waals surface area contributed by atoms with Crippen LogP contribution >= 0.6 is 23.1 Å². The summed E-state index contributed by atoms with van der Waals surface area (Å²) in [5.41, 5.74) is 2.84. The molecule has 0 aliphatic heterocycles. The van der Waals surface area contributed by atoms with E-state index in [1.165, 1.54) is 11.8 Å². The molecule has 3 heterocycles. The van der Waals surface area contributed by atoms with Crippen LogP contribution in [0.15, 0.2) is 53.1 Å². The van der Waals surface area contributed by atoms with Crippen LogP contribution in [-0.4, -0.2) is 28.3 Å². The zero-order valence-corrected chi connectivity index (χ0v) is 15.6. The summed E-state index contributed by atoms with van der Waals surface area (Å²) >= 11 is 2.77. The summed E-state index contributed by atoms with van der Waals surface area (Å²) in [4.78, 5) is 21.5. The van der Waals surface area contributed by atoms with Crippen LogP contribution in [0.25, 0.3) is 21.7 Å². The third-order valence-corrected chi connectivity index (χ3v) is 5.33. The Morgan fingerprint density at radius 2 is 2.27 bits per heavy atom. The van der Waals surface area contributed by atoms with Gasteiger partial charge in [0.2, 0.25) is 0 Å². The summed E-state index contributed by atoms with van der Waals surface area (Å²) in [5, 5.41) is 12.2. The molecular formula is C19H15N3O2S2. The van der Waals surface area contributed by atoms with Crippen molar-refractivity contribution in [3.63, 3.8) is 0 Å². The Morgan fingerprint density at radius 3 is 2.92 bits per heavy atom. The molecule has 3 aromatic heterocycles. The highest BCUT2D eigenvalue weighted by atomic mass is 32.2. The Morgan fingerprint density at radius 1 is 1.38 bits per heavy atom. The number of carbonyl (C=O) groups is 1. The molecular weight excluding hydrogens is 366 g/mol. The lowest BCUT2D eigenvalue weighted by Gasteiger charge is -2.11. The molecule has 7 heteroatoms. The molecule has 0 radical (unpaired) electrons. The first-order valence-electron chi connectivity index (χ1n) is 7.90. The SMILES string of the molecule is CCOC(=O)CSc1nc(-c2cccnc2)cc(-c2cccs2)c1C#N. The molecule has 0 aromatic carbocycles. The molecule has 0 spiro atoms. The zero-order chi connectivity index (χ0) is 18.4. The molecule has 26 heavy (non-hydrogen) atoms. The summed E-state index contributed by atoms with van der Waals surface area (Å²) in [6.45, 7) is 2.09. The maximum atomic E-state index is 11.7. The molecule has 0 unspecified atom stereocenters. The second-order valence-electron chi connectivity index (χ2n) is 5.16. The van der Waals surface area contributed by atoms with Gasteiger partial charge in [0, 0.05) is 28.4 Å². The van der Waals surface area contributed by atoms with Gasteiger partial charge < -0.3 is 4.74 Å². The predicted molar refractivity (Wildman–Crippen MR) is 103 cm³/mol. The average Bonchev–Trinajstić information content (AvgIpc) is 3.21. The molecule has 0 saturated carbocycles. The first kappa shape index (κ1) is 18.1. The van der Waals surface area contributed by atoms with Crippen molar-refractivity contribution in [1.82, 2.24) is 9.97 Å². The molecule has 0 fully saturated rings. The van der Waals surface area contributed by atoms with Gasteiger partial charge in [-0.05, 0) is 36.6 Å². The molecule has 0 atom stereocenters. The molecule has 0 bridgehead atoms. The maximum Gasteiger partial charge on any atom is 0.316 e. The van der Waals surface area contributed by atoms with E-state index in [0.717, 1.165) is 16.0 Å². The first-order chi connectivity index (χ1) is 12.7. The predicted octanol–water partition coefficient (Wildman–Crippen LogP) is 4.40. The highest BCUT2D eigenvalue weighted by Crippen LogP contribution is 2.35. The van der Waals surface area contributed by atoms with Gasteiger partial charge in [0.05, 0.1) is 23.6 Å². The van der Waals surface area contributed by atoms with Gasteiger partial charge in [-0.1, -0.05) is 17.8 Å². The number of aromatic nitrogens is 2. The molecule has 5 nitrogen and oxygen atoms in total. The second-order valence-corrected chi connectivity index (χ2v) is 7.07. The van der Waals surface area contributed by atoms with E-state index in [-0.39, 0.29) is 11.7 Å². The third-order valence-electron chi connectivity index (χ3n) is 3.47. The van der Waals surface area contributed by atoms with E-state index in [1.54, 1.807) is 30.7 Å². The molecule has 0 N–H and O–H groups in total. The fourth-order valence-corrected chi connectivity index (χ4v) is 3.90. The van der Waals surface area contributed by atoms with Crippen LogP contribution in [-0.2, 0) is 9.53 Å². The number of esters is 1. The van der Waals surface area contributed by atoms with Crippen molar-refractivity contribution >= 4 is 29.1 Å². The second kappa shape index (κ2) is 8.61. The van der Waals surface area contributed by atoms with Gasteiger partial charge in [-0.25, -0.2) is 4.98 Å². The highest BCUT2D eigenvalue weighted by Gasteiger charge is 2.17. The number of rotatable bonds is 6. The van der Waals surface area contributed by atoms with Gasteiger partial charge in [0.25, 0.3) is 0 Å². The van der Waals surface area contributed by atoms with E-state index in [4.69, 9.17) is 4.74 Å². The number of pyridine rings is 2. The van der Waals surface area contributed by atoms with Crippen LogP contribution in [0.4, 0.5) is 0 Å². The molecule has 0 saturated heterocycles. The lowest BCUT2D eigenvalue weighted by atomic mass is 10.1. The van der Waals surface area contributed by atoms with Crippen LogP contribution in [0.1, 0.15) is 12.5 Å². The minimum absolute atomic E-state index is 0.107. The normalized spacial score (nSPS) is 10.3. The molecule has 0 amide bonds. The van der Waals surface area contributed by atoms with E-state index < -0.39 is 0 Å². The summed E-state index contributed by atoms with van der Waals surface area (Å²) < 4.78 is 4.98. The fraction of sp³-hybridized carbons (Fsp3) is 0.158. The number of thioether (sulfide) groups is 1. The molecule has 130 valence electrons. The van der Waals surface area contributed by atoms with Crippen molar-refractivity contribution in [3.8, 4) is 27.8 Å². The summed E-state index contributed by atoms with van der Waals surface area (Å²) in [7, 11) is 0. The monoisotopic (exact) mass is 381 g/mol. The van der Waals surface area contributed by atoms with E-state index in [0.29, 0.717) is 22.9 Å². The van der Waals surface area contributed by atoms with Gasteiger partial charge in [0.15, 0.2) is 0 Å². The van der Waals surface area contributed by atoms with Gasteiger partial charge in [-0.3, -0.25) is 9.78 Å². The molecule has 0 aliphatic rings. The number of carbonyl (C=O) groups excluding carboxylic acids is 1. The zero-order valence-electron chi connectivity index (χ0n) is 14.0. The minimum atomic E-state index is -0.326. The standard InChI is InChI=1S/C19H15N3O2S2/c1-2-24-18(23)12-26-19-15(10-20)14(17-6-4-8-25-17)9-16(22-19)13-5-3-7-21-11-13/h3-9,11H,2,12H2,1H3. The van der Waals surface area contributed by atoms with Crippen molar-refractivity contribution < 1.29 is 9.53 Å². The van der Waals surface area contributed by atoms with Crippen LogP contribution in [0.3, 0.4) is 0 Å². The van der Waals surface area contributed by atoms with E-state index >= 15 is 0 Å². The number of ether oxygens (including phenoxy) is 1. The van der Waals surface area contributed by atoms with E-state index in [1.807, 2.05) is 35.7 Å². The van der Waals surface area contributed by atoms with Crippen LogP contribution < -0.4 is 0 Å². The quantitative estimate of drug-likeness (QED) is 0.465. The number of hydrogen-bond donors (Lipinski definition) is 0. The average molecular weight is 381 g/mol. The van der Waals surface area contributed by atoms with Crippen molar-refractivity contribution in [2.24, 2.45) is 0 Å². The largest absolute Gasteiger partial charge is 0.465 e. The number of nitrogens with zero attached hydrogens (tertiary/aromatic N) is 3. The molecule has 3 aromatic rings. The number of thiophene rings is 1. The molecule has 3 rings (SSSR count). The third kappa shape index (κ3) is 4.10. The van der Waals surface area contributed by atoms with E-state index in [2.05, 4.69) is 16.0 Å². The highest BCUT2D eigenvalue weighted by molar-refractivity contribution is 7.99. The van der Waals surface area contributed by atoms with Gasteiger partial charge in [-0.2, -0.15) is 5.26 Å². The summed E-state index contributed by atoms with van der Waals surface area (Å²) in [6.07, 6.45) is 3.43. The summed E-state index contributed by atoms with van der Waals surface area (Å²) in [6, 6.07) is 11.8. The maximum absolute atomic E-state index is 11.7.